The number of halogens is 7. The zero-order chi connectivity index (χ0) is 20.6. The zero-order valence-electron chi connectivity index (χ0n) is 15.0. The number of alkyl halides is 7. The summed E-state index contributed by atoms with van der Waals surface area (Å²) in [4.78, 5) is 0. The van der Waals surface area contributed by atoms with Crippen molar-refractivity contribution >= 4 is 0 Å². The van der Waals surface area contributed by atoms with Crippen molar-refractivity contribution in [3.63, 3.8) is 0 Å². The van der Waals surface area contributed by atoms with E-state index in [2.05, 4.69) is 0 Å². The number of rotatable bonds is 5. The Morgan fingerprint density at radius 1 is 0.769 bits per heavy atom. The Labute approximate surface area is 147 Å². The predicted octanol–water partition coefficient (Wildman–Crippen LogP) is 5.95. The standard InChI is InChI=1S/C17H21F7O2/c1-13(2,3)26-12-8-6-11(7-9-12)14(4,25-5)10-15(18,16(19,20)21)17(22,23)24/h6-9H,10H2,1-5H3. The van der Waals surface area contributed by atoms with Gasteiger partial charge in [0.25, 0.3) is 0 Å². The van der Waals surface area contributed by atoms with Gasteiger partial charge in [-0.3, -0.25) is 0 Å². The van der Waals surface area contributed by atoms with Crippen molar-refractivity contribution in [2.24, 2.45) is 0 Å². The summed E-state index contributed by atoms with van der Waals surface area (Å²) in [7, 11) is 0.923. The first-order valence-electron chi connectivity index (χ1n) is 7.62. The average molecular weight is 390 g/mol. The Hall–Kier alpha value is -1.51. The minimum Gasteiger partial charge on any atom is -0.488 e. The van der Waals surface area contributed by atoms with Crippen LogP contribution in [-0.2, 0) is 10.3 Å². The molecule has 1 aromatic carbocycles. The first kappa shape index (κ1) is 22.5. The molecule has 0 bridgehead atoms. The molecule has 1 atom stereocenters. The van der Waals surface area contributed by atoms with Crippen molar-refractivity contribution in [1.29, 1.82) is 0 Å². The molecular formula is C17H21F7O2. The summed E-state index contributed by atoms with van der Waals surface area (Å²) in [6.07, 6.45) is -14.2. The highest BCUT2D eigenvalue weighted by molar-refractivity contribution is 5.31. The van der Waals surface area contributed by atoms with Gasteiger partial charge < -0.3 is 9.47 Å². The van der Waals surface area contributed by atoms with Gasteiger partial charge in [0, 0.05) is 13.5 Å². The SMILES string of the molecule is COC(C)(CC(F)(C(F)(F)F)C(F)(F)F)c1ccc(OC(C)(C)C)cc1. The molecule has 1 aromatic rings. The lowest BCUT2D eigenvalue weighted by Crippen LogP contribution is -2.56. The predicted molar refractivity (Wildman–Crippen MR) is 81.8 cm³/mol. The lowest BCUT2D eigenvalue weighted by atomic mass is 9.83. The Balaban J connectivity index is 3.26. The van der Waals surface area contributed by atoms with Crippen molar-refractivity contribution < 1.29 is 40.2 Å². The van der Waals surface area contributed by atoms with E-state index in [1.54, 1.807) is 20.8 Å². The third-order valence-corrected chi connectivity index (χ3v) is 3.82. The lowest BCUT2D eigenvalue weighted by Gasteiger charge is -2.38. The summed E-state index contributed by atoms with van der Waals surface area (Å²) in [6, 6.07) is 5.24. The molecule has 0 radical (unpaired) electrons. The molecule has 26 heavy (non-hydrogen) atoms. The largest absolute Gasteiger partial charge is 0.488 e. The van der Waals surface area contributed by atoms with E-state index in [1.807, 2.05) is 0 Å². The van der Waals surface area contributed by atoms with Crippen LogP contribution < -0.4 is 4.74 Å². The molecular weight excluding hydrogens is 369 g/mol. The molecule has 0 aliphatic heterocycles. The lowest BCUT2D eigenvalue weighted by molar-refractivity contribution is -0.353. The Morgan fingerprint density at radius 3 is 1.50 bits per heavy atom. The van der Waals surface area contributed by atoms with Crippen LogP contribution in [0.2, 0.25) is 0 Å². The maximum Gasteiger partial charge on any atom is 0.431 e. The number of benzene rings is 1. The first-order chi connectivity index (χ1) is 11.5. The number of methoxy groups -OCH3 is 1. The molecule has 0 aliphatic rings. The second kappa shape index (κ2) is 6.90. The van der Waals surface area contributed by atoms with Gasteiger partial charge >= 0.3 is 18.0 Å². The minimum atomic E-state index is -6.14. The average Bonchev–Trinajstić information content (AvgIpc) is 2.43. The van der Waals surface area contributed by atoms with Crippen molar-refractivity contribution in [2.75, 3.05) is 7.11 Å². The molecule has 0 fully saturated rings. The molecule has 0 aromatic heterocycles. The summed E-state index contributed by atoms with van der Waals surface area (Å²) in [5.41, 5.74) is -8.17. The maximum atomic E-state index is 14.1. The van der Waals surface area contributed by atoms with E-state index in [0.29, 0.717) is 5.75 Å². The van der Waals surface area contributed by atoms with Gasteiger partial charge in [-0.05, 0) is 45.4 Å². The fourth-order valence-corrected chi connectivity index (χ4v) is 2.35. The summed E-state index contributed by atoms with van der Waals surface area (Å²) >= 11 is 0. The van der Waals surface area contributed by atoms with E-state index in [4.69, 9.17) is 9.47 Å². The molecule has 2 nitrogen and oxygen atoms in total. The second-order valence-corrected chi connectivity index (χ2v) is 7.15. The molecule has 0 saturated heterocycles. The summed E-state index contributed by atoms with van der Waals surface area (Å²) < 4.78 is 102. The highest BCUT2D eigenvalue weighted by atomic mass is 19.4. The van der Waals surface area contributed by atoms with Gasteiger partial charge in [0.15, 0.2) is 0 Å². The second-order valence-electron chi connectivity index (χ2n) is 7.15. The van der Waals surface area contributed by atoms with Crippen molar-refractivity contribution in [3.05, 3.63) is 29.8 Å². The number of hydrogen-bond donors (Lipinski definition) is 0. The van der Waals surface area contributed by atoms with Crippen LogP contribution in [0.25, 0.3) is 0 Å². The van der Waals surface area contributed by atoms with Gasteiger partial charge in [-0.15, -0.1) is 0 Å². The maximum absolute atomic E-state index is 14.1. The van der Waals surface area contributed by atoms with Gasteiger partial charge in [-0.2, -0.15) is 26.3 Å². The van der Waals surface area contributed by atoms with Crippen LogP contribution in [0.1, 0.15) is 39.7 Å². The highest BCUT2D eigenvalue weighted by Gasteiger charge is 2.74. The van der Waals surface area contributed by atoms with Crippen molar-refractivity contribution in [2.45, 2.75) is 63.3 Å². The van der Waals surface area contributed by atoms with Crippen LogP contribution >= 0.6 is 0 Å². The molecule has 0 aliphatic carbocycles. The van der Waals surface area contributed by atoms with Gasteiger partial charge in [-0.25, -0.2) is 4.39 Å². The molecule has 0 N–H and O–H groups in total. The molecule has 0 spiro atoms. The van der Waals surface area contributed by atoms with E-state index in [0.717, 1.165) is 14.0 Å². The summed E-state index contributed by atoms with van der Waals surface area (Å²) in [5, 5.41) is 0. The molecule has 9 heteroatoms. The first-order valence-corrected chi connectivity index (χ1v) is 7.62. The van der Waals surface area contributed by atoms with Crippen LogP contribution in [0, 0.1) is 0 Å². The summed E-state index contributed by atoms with van der Waals surface area (Å²) in [6.45, 7) is 6.28. The fourth-order valence-electron chi connectivity index (χ4n) is 2.35. The van der Waals surface area contributed by atoms with Crippen LogP contribution in [0.5, 0.6) is 5.75 Å². The zero-order valence-corrected chi connectivity index (χ0v) is 15.0. The third-order valence-electron chi connectivity index (χ3n) is 3.82. The fraction of sp³-hybridized carbons (Fsp3) is 0.647. The van der Waals surface area contributed by atoms with Gasteiger partial charge in [-0.1, -0.05) is 12.1 Å². The van der Waals surface area contributed by atoms with Gasteiger partial charge in [0.2, 0.25) is 0 Å². The monoisotopic (exact) mass is 390 g/mol. The Bertz CT molecular complexity index is 586. The highest BCUT2D eigenvalue weighted by Crippen LogP contribution is 2.52. The number of ether oxygens (including phenoxy) is 2. The molecule has 1 unspecified atom stereocenters. The third kappa shape index (κ3) is 4.81. The van der Waals surface area contributed by atoms with Crippen LogP contribution in [0.15, 0.2) is 24.3 Å². The van der Waals surface area contributed by atoms with Gasteiger partial charge in [0.1, 0.15) is 11.4 Å². The van der Waals surface area contributed by atoms with E-state index in [-0.39, 0.29) is 5.56 Å². The van der Waals surface area contributed by atoms with Crippen LogP contribution in [0.4, 0.5) is 30.7 Å². The molecule has 150 valence electrons. The Kier molecular flexibility index (Phi) is 5.98. The van der Waals surface area contributed by atoms with Crippen molar-refractivity contribution in [3.8, 4) is 5.75 Å². The Morgan fingerprint density at radius 2 is 1.19 bits per heavy atom. The van der Waals surface area contributed by atoms with E-state index in [9.17, 15) is 30.7 Å². The molecule has 1 rings (SSSR count). The minimum absolute atomic E-state index is 0.0446. The van der Waals surface area contributed by atoms with E-state index >= 15 is 0 Å². The smallest absolute Gasteiger partial charge is 0.431 e. The summed E-state index contributed by atoms with van der Waals surface area (Å²) in [5.74, 6) is 0.359. The van der Waals surface area contributed by atoms with Crippen LogP contribution in [-0.4, -0.2) is 30.7 Å². The van der Waals surface area contributed by atoms with Crippen LogP contribution in [0.3, 0.4) is 0 Å². The van der Waals surface area contributed by atoms with Gasteiger partial charge in [0.05, 0.1) is 5.60 Å². The molecule has 0 heterocycles. The quantitative estimate of drug-likeness (QED) is 0.579. The topological polar surface area (TPSA) is 18.5 Å². The normalized spacial score (nSPS) is 16.3. The van der Waals surface area contributed by atoms with E-state index in [1.165, 1.54) is 24.3 Å². The van der Waals surface area contributed by atoms with E-state index < -0.39 is 35.6 Å². The number of hydrogen-bond acceptors (Lipinski definition) is 2. The molecule has 0 saturated carbocycles. The van der Waals surface area contributed by atoms with Crippen molar-refractivity contribution in [1.82, 2.24) is 0 Å². The molecule has 0 amide bonds.